The van der Waals surface area contributed by atoms with Gasteiger partial charge in [-0.15, -0.1) is 0 Å². The lowest BCUT2D eigenvalue weighted by Crippen LogP contribution is -2.30. The quantitative estimate of drug-likeness (QED) is 0.889. The Morgan fingerprint density at radius 3 is 2.83 bits per heavy atom. The molecule has 4 heteroatoms. The fraction of sp³-hybridized carbons (Fsp3) is 0.571. The first-order valence-corrected chi connectivity index (χ1v) is 6.49. The van der Waals surface area contributed by atoms with Gasteiger partial charge < -0.3 is 10.2 Å². The Morgan fingerprint density at radius 2 is 2.17 bits per heavy atom. The molecule has 1 fully saturated rings. The van der Waals surface area contributed by atoms with Gasteiger partial charge in [0.15, 0.2) is 0 Å². The van der Waals surface area contributed by atoms with E-state index in [1.54, 1.807) is 0 Å². The highest BCUT2D eigenvalue weighted by Crippen LogP contribution is 2.26. The molecule has 1 aliphatic rings. The van der Waals surface area contributed by atoms with Crippen molar-refractivity contribution < 1.29 is 8.78 Å². The summed E-state index contributed by atoms with van der Waals surface area (Å²) < 4.78 is 26.5. The molecule has 0 saturated carbocycles. The molecule has 0 aliphatic carbocycles. The Kier molecular flexibility index (Phi) is 4.17. The van der Waals surface area contributed by atoms with Crippen LogP contribution in [0.5, 0.6) is 0 Å². The Labute approximate surface area is 107 Å². The first-order valence-electron chi connectivity index (χ1n) is 6.49. The van der Waals surface area contributed by atoms with E-state index in [-0.39, 0.29) is 0 Å². The minimum atomic E-state index is -0.520. The Morgan fingerprint density at radius 1 is 1.39 bits per heavy atom. The standard InChI is InChI=1S/C14H20F2N2/c1-10(2)17-8-11-5-6-18(9-11)14-4-3-12(15)7-13(14)16/h3-4,7,10-11,17H,5-6,8-9H2,1-2H3. The smallest absolute Gasteiger partial charge is 0.149 e. The number of halogens is 2. The third kappa shape index (κ3) is 3.19. The molecule has 0 amide bonds. The summed E-state index contributed by atoms with van der Waals surface area (Å²) in [7, 11) is 0. The van der Waals surface area contributed by atoms with E-state index >= 15 is 0 Å². The average molecular weight is 254 g/mol. The van der Waals surface area contributed by atoms with Crippen molar-refractivity contribution in [1.82, 2.24) is 5.32 Å². The topological polar surface area (TPSA) is 15.3 Å². The SMILES string of the molecule is CC(C)NCC1CCN(c2ccc(F)cc2F)C1. The van der Waals surface area contributed by atoms with Crippen molar-refractivity contribution in [3.63, 3.8) is 0 Å². The molecule has 0 radical (unpaired) electrons. The fourth-order valence-corrected chi connectivity index (χ4v) is 2.36. The van der Waals surface area contributed by atoms with Crippen LogP contribution in [0.4, 0.5) is 14.5 Å². The average Bonchev–Trinajstić information content (AvgIpc) is 2.75. The maximum Gasteiger partial charge on any atom is 0.149 e. The molecule has 2 rings (SSSR count). The van der Waals surface area contributed by atoms with Gasteiger partial charge in [-0.25, -0.2) is 8.78 Å². The third-order valence-electron chi connectivity index (χ3n) is 3.35. The van der Waals surface area contributed by atoms with E-state index < -0.39 is 11.6 Å². The van der Waals surface area contributed by atoms with Crippen molar-refractivity contribution >= 4 is 5.69 Å². The summed E-state index contributed by atoms with van der Waals surface area (Å²) >= 11 is 0. The van der Waals surface area contributed by atoms with Gasteiger partial charge in [0, 0.05) is 25.2 Å². The Hall–Kier alpha value is -1.16. The van der Waals surface area contributed by atoms with Gasteiger partial charge in [-0.05, 0) is 31.0 Å². The summed E-state index contributed by atoms with van der Waals surface area (Å²) in [5.41, 5.74) is 0.517. The zero-order valence-electron chi connectivity index (χ0n) is 10.9. The second-order valence-corrected chi connectivity index (χ2v) is 5.26. The van der Waals surface area contributed by atoms with Gasteiger partial charge in [-0.1, -0.05) is 13.8 Å². The molecule has 100 valence electrons. The highest BCUT2D eigenvalue weighted by Gasteiger charge is 2.24. The highest BCUT2D eigenvalue weighted by molar-refractivity contribution is 5.48. The molecular formula is C14H20F2N2. The van der Waals surface area contributed by atoms with Gasteiger partial charge in [-0.3, -0.25) is 0 Å². The maximum atomic E-state index is 13.6. The van der Waals surface area contributed by atoms with E-state index in [9.17, 15) is 8.78 Å². The van der Waals surface area contributed by atoms with Crippen LogP contribution < -0.4 is 10.2 Å². The molecule has 1 aliphatic heterocycles. The van der Waals surface area contributed by atoms with Gasteiger partial charge in [-0.2, -0.15) is 0 Å². The second-order valence-electron chi connectivity index (χ2n) is 5.26. The van der Waals surface area contributed by atoms with Crippen molar-refractivity contribution in [1.29, 1.82) is 0 Å². The van der Waals surface area contributed by atoms with Crippen LogP contribution >= 0.6 is 0 Å². The fourth-order valence-electron chi connectivity index (χ4n) is 2.36. The van der Waals surface area contributed by atoms with E-state index in [1.807, 2.05) is 4.90 Å². The number of hydrogen-bond acceptors (Lipinski definition) is 2. The van der Waals surface area contributed by atoms with Crippen LogP contribution in [-0.4, -0.2) is 25.7 Å². The predicted molar refractivity (Wildman–Crippen MR) is 69.8 cm³/mol. The van der Waals surface area contributed by atoms with Gasteiger partial charge in [0.2, 0.25) is 0 Å². The predicted octanol–water partition coefficient (Wildman–Crippen LogP) is 2.79. The molecule has 0 spiro atoms. The van der Waals surface area contributed by atoms with Crippen molar-refractivity contribution in [2.24, 2.45) is 5.92 Å². The van der Waals surface area contributed by atoms with Gasteiger partial charge in [0.25, 0.3) is 0 Å². The maximum absolute atomic E-state index is 13.6. The first kappa shape index (κ1) is 13.3. The second kappa shape index (κ2) is 5.65. The van der Waals surface area contributed by atoms with E-state index in [2.05, 4.69) is 19.2 Å². The minimum absolute atomic E-state index is 0.465. The number of benzene rings is 1. The van der Waals surface area contributed by atoms with E-state index in [1.165, 1.54) is 12.1 Å². The number of nitrogens with zero attached hydrogens (tertiary/aromatic N) is 1. The van der Waals surface area contributed by atoms with Crippen molar-refractivity contribution in [3.8, 4) is 0 Å². The molecule has 1 N–H and O–H groups in total. The Bertz CT molecular complexity index is 407. The molecule has 1 unspecified atom stereocenters. The van der Waals surface area contributed by atoms with Crippen molar-refractivity contribution in [2.75, 3.05) is 24.5 Å². The molecule has 18 heavy (non-hydrogen) atoms. The minimum Gasteiger partial charge on any atom is -0.369 e. The monoisotopic (exact) mass is 254 g/mol. The molecule has 0 aromatic heterocycles. The molecule has 2 nitrogen and oxygen atoms in total. The van der Waals surface area contributed by atoms with Crippen molar-refractivity contribution in [3.05, 3.63) is 29.8 Å². The van der Waals surface area contributed by atoms with Crippen LogP contribution in [0.1, 0.15) is 20.3 Å². The van der Waals surface area contributed by atoms with Gasteiger partial charge in [0.1, 0.15) is 11.6 Å². The van der Waals surface area contributed by atoms with Crippen LogP contribution in [0.25, 0.3) is 0 Å². The molecule has 1 heterocycles. The number of anilines is 1. The molecule has 1 saturated heterocycles. The summed E-state index contributed by atoms with van der Waals surface area (Å²) in [6.07, 6.45) is 1.05. The van der Waals surface area contributed by atoms with E-state index in [4.69, 9.17) is 0 Å². The first-order chi connectivity index (χ1) is 8.56. The summed E-state index contributed by atoms with van der Waals surface area (Å²) in [5, 5.41) is 3.40. The Balaban J connectivity index is 1.95. The van der Waals surface area contributed by atoms with Crippen LogP contribution in [0.15, 0.2) is 18.2 Å². The molecule has 0 bridgehead atoms. The number of hydrogen-bond donors (Lipinski definition) is 1. The molecule has 1 atom stereocenters. The van der Waals surface area contributed by atoms with Crippen LogP contribution in [0, 0.1) is 17.6 Å². The molecular weight excluding hydrogens is 234 g/mol. The van der Waals surface area contributed by atoms with Crippen molar-refractivity contribution in [2.45, 2.75) is 26.3 Å². The van der Waals surface area contributed by atoms with Crippen LogP contribution in [-0.2, 0) is 0 Å². The highest BCUT2D eigenvalue weighted by atomic mass is 19.1. The summed E-state index contributed by atoms with van der Waals surface area (Å²) in [6.45, 7) is 6.87. The summed E-state index contributed by atoms with van der Waals surface area (Å²) in [6, 6.07) is 4.28. The summed E-state index contributed by atoms with van der Waals surface area (Å²) in [4.78, 5) is 2.00. The van der Waals surface area contributed by atoms with Crippen LogP contribution in [0.3, 0.4) is 0 Å². The lowest BCUT2D eigenvalue weighted by Gasteiger charge is -2.20. The zero-order chi connectivity index (χ0) is 13.1. The largest absolute Gasteiger partial charge is 0.369 e. The number of nitrogens with one attached hydrogen (secondary N) is 1. The van der Waals surface area contributed by atoms with E-state index in [0.29, 0.717) is 17.6 Å². The molecule has 1 aromatic carbocycles. The van der Waals surface area contributed by atoms with Gasteiger partial charge >= 0.3 is 0 Å². The van der Waals surface area contributed by atoms with Crippen LogP contribution in [0.2, 0.25) is 0 Å². The zero-order valence-corrected chi connectivity index (χ0v) is 10.9. The van der Waals surface area contributed by atoms with E-state index in [0.717, 1.165) is 32.1 Å². The lowest BCUT2D eigenvalue weighted by atomic mass is 10.1. The molecule has 1 aromatic rings. The third-order valence-corrected chi connectivity index (χ3v) is 3.35. The lowest BCUT2D eigenvalue weighted by molar-refractivity contribution is 0.479. The summed E-state index contributed by atoms with van der Waals surface area (Å²) in [5.74, 6) is -0.446. The normalized spacial score (nSPS) is 19.8. The number of rotatable bonds is 4. The van der Waals surface area contributed by atoms with Gasteiger partial charge in [0.05, 0.1) is 5.69 Å².